The molecular weight excluding hydrogens is 328 g/mol. The van der Waals surface area contributed by atoms with E-state index in [1.54, 1.807) is 28.6 Å². The third kappa shape index (κ3) is 3.18. The second-order valence-electron chi connectivity index (χ2n) is 4.79. The van der Waals surface area contributed by atoms with Crippen molar-refractivity contribution in [1.29, 1.82) is 0 Å². The van der Waals surface area contributed by atoms with Crippen molar-refractivity contribution in [2.75, 3.05) is 26.2 Å². The van der Waals surface area contributed by atoms with Gasteiger partial charge in [0.25, 0.3) is 0 Å². The van der Waals surface area contributed by atoms with Crippen molar-refractivity contribution in [3.05, 3.63) is 28.7 Å². The minimum atomic E-state index is -3.36. The summed E-state index contributed by atoms with van der Waals surface area (Å²) in [5.74, 6) is 0. The Morgan fingerprint density at radius 3 is 2.42 bits per heavy atom. The predicted molar refractivity (Wildman–Crippen MR) is 79.6 cm³/mol. The molecule has 6 heteroatoms. The lowest BCUT2D eigenvalue weighted by atomic mass is 10.2. The molecule has 0 N–H and O–H groups in total. The molecule has 0 saturated carbocycles. The number of hydrogen-bond acceptors (Lipinski definition) is 3. The predicted octanol–water partition coefficient (Wildman–Crippen LogP) is 2.16. The maximum absolute atomic E-state index is 12.5. The second-order valence-corrected chi connectivity index (χ2v) is 7.65. The second kappa shape index (κ2) is 5.91. The highest BCUT2D eigenvalue weighted by Gasteiger charge is 2.31. The maximum Gasteiger partial charge on any atom is 0.243 e. The molecule has 1 aliphatic heterocycles. The van der Waals surface area contributed by atoms with E-state index >= 15 is 0 Å². The molecular formula is C13H19BrN2O2S. The summed E-state index contributed by atoms with van der Waals surface area (Å²) in [6, 6.07) is 7.09. The van der Waals surface area contributed by atoms with Crippen LogP contribution in [0.1, 0.15) is 13.8 Å². The third-order valence-corrected chi connectivity index (χ3v) is 5.99. The summed E-state index contributed by atoms with van der Waals surface area (Å²) < 4.78 is 27.5. The molecule has 1 atom stereocenters. The lowest BCUT2D eigenvalue weighted by Crippen LogP contribution is -2.53. The minimum Gasteiger partial charge on any atom is -0.298 e. The number of sulfonamides is 1. The number of rotatable bonds is 3. The highest BCUT2D eigenvalue weighted by Crippen LogP contribution is 2.21. The van der Waals surface area contributed by atoms with Crippen LogP contribution in [-0.2, 0) is 10.0 Å². The van der Waals surface area contributed by atoms with Gasteiger partial charge in [-0.05, 0) is 37.7 Å². The number of hydrogen-bond donors (Lipinski definition) is 0. The Morgan fingerprint density at radius 1 is 1.26 bits per heavy atom. The average Bonchev–Trinajstić information content (AvgIpc) is 2.39. The van der Waals surface area contributed by atoms with Crippen molar-refractivity contribution in [2.24, 2.45) is 0 Å². The van der Waals surface area contributed by atoms with Gasteiger partial charge >= 0.3 is 0 Å². The maximum atomic E-state index is 12.5. The molecule has 0 amide bonds. The zero-order valence-electron chi connectivity index (χ0n) is 11.2. The van der Waals surface area contributed by atoms with Crippen LogP contribution in [0.3, 0.4) is 0 Å². The van der Waals surface area contributed by atoms with Gasteiger partial charge in [-0.2, -0.15) is 4.31 Å². The van der Waals surface area contributed by atoms with Gasteiger partial charge in [0.15, 0.2) is 0 Å². The van der Waals surface area contributed by atoms with E-state index in [0.29, 0.717) is 18.0 Å². The lowest BCUT2D eigenvalue weighted by Gasteiger charge is -2.38. The first-order chi connectivity index (χ1) is 8.95. The topological polar surface area (TPSA) is 40.6 Å². The van der Waals surface area contributed by atoms with Crippen LogP contribution in [-0.4, -0.2) is 49.8 Å². The van der Waals surface area contributed by atoms with Gasteiger partial charge in [0.05, 0.1) is 4.90 Å². The van der Waals surface area contributed by atoms with E-state index in [9.17, 15) is 8.42 Å². The molecule has 0 spiro atoms. The Kier molecular flexibility index (Phi) is 4.66. The highest BCUT2D eigenvalue weighted by atomic mass is 79.9. The molecule has 1 aromatic rings. The van der Waals surface area contributed by atoms with E-state index in [2.05, 4.69) is 34.7 Å². The van der Waals surface area contributed by atoms with Gasteiger partial charge in [0.1, 0.15) is 0 Å². The smallest absolute Gasteiger partial charge is 0.243 e. The molecule has 0 aliphatic carbocycles. The van der Waals surface area contributed by atoms with E-state index < -0.39 is 10.0 Å². The average molecular weight is 347 g/mol. The van der Waals surface area contributed by atoms with Crippen LogP contribution in [0.15, 0.2) is 33.6 Å². The van der Waals surface area contributed by atoms with Crippen molar-refractivity contribution >= 4 is 26.0 Å². The summed E-state index contributed by atoms with van der Waals surface area (Å²) in [4.78, 5) is 2.67. The van der Waals surface area contributed by atoms with E-state index in [1.807, 2.05) is 0 Å². The summed E-state index contributed by atoms with van der Waals surface area (Å²) in [5.41, 5.74) is 0. The number of likely N-dealkylation sites (N-methyl/N-ethyl adjacent to an activating group) is 1. The normalized spacial score (nSPS) is 22.6. The number of benzene rings is 1. The van der Waals surface area contributed by atoms with Crippen molar-refractivity contribution in [3.63, 3.8) is 0 Å². The molecule has 4 nitrogen and oxygen atoms in total. The zero-order valence-corrected chi connectivity index (χ0v) is 13.6. The fraction of sp³-hybridized carbons (Fsp3) is 0.538. The van der Waals surface area contributed by atoms with Gasteiger partial charge in [-0.15, -0.1) is 0 Å². The molecule has 1 aliphatic rings. The molecule has 2 rings (SSSR count). The third-order valence-electron chi connectivity index (χ3n) is 3.59. The van der Waals surface area contributed by atoms with Gasteiger partial charge in [-0.3, -0.25) is 4.90 Å². The van der Waals surface area contributed by atoms with Crippen molar-refractivity contribution < 1.29 is 8.42 Å². The Bertz CT molecular complexity index is 530. The number of piperazine rings is 1. The van der Waals surface area contributed by atoms with Crippen molar-refractivity contribution in [3.8, 4) is 0 Å². The van der Waals surface area contributed by atoms with Gasteiger partial charge in [-0.25, -0.2) is 8.42 Å². The summed E-state index contributed by atoms with van der Waals surface area (Å²) in [7, 11) is -3.36. The quantitative estimate of drug-likeness (QED) is 0.841. The van der Waals surface area contributed by atoms with Gasteiger partial charge < -0.3 is 0 Å². The summed E-state index contributed by atoms with van der Waals surface area (Å²) in [5, 5.41) is 0. The molecule has 19 heavy (non-hydrogen) atoms. The van der Waals surface area contributed by atoms with Crippen LogP contribution >= 0.6 is 15.9 Å². The van der Waals surface area contributed by atoms with E-state index in [4.69, 9.17) is 0 Å². The van der Waals surface area contributed by atoms with Gasteiger partial charge in [-0.1, -0.05) is 22.9 Å². The summed E-state index contributed by atoms with van der Waals surface area (Å²) in [6.07, 6.45) is 0. The van der Waals surface area contributed by atoms with Crippen LogP contribution < -0.4 is 0 Å². The first-order valence-corrected chi connectivity index (χ1v) is 8.68. The Morgan fingerprint density at radius 2 is 1.89 bits per heavy atom. The molecule has 1 fully saturated rings. The molecule has 0 bridgehead atoms. The molecule has 0 aromatic heterocycles. The first kappa shape index (κ1) is 15.0. The molecule has 1 heterocycles. The lowest BCUT2D eigenvalue weighted by molar-refractivity contribution is 0.135. The highest BCUT2D eigenvalue weighted by molar-refractivity contribution is 9.10. The molecule has 1 aromatic carbocycles. The monoisotopic (exact) mass is 346 g/mol. The van der Waals surface area contributed by atoms with Gasteiger partial charge in [0.2, 0.25) is 10.0 Å². The number of halogens is 1. The fourth-order valence-corrected chi connectivity index (χ4v) is 4.18. The minimum absolute atomic E-state index is 0.268. The SMILES string of the molecule is CCN1CCN(S(=O)(=O)c2ccc(Br)cc2)CC1C. The van der Waals surface area contributed by atoms with Crippen molar-refractivity contribution in [1.82, 2.24) is 9.21 Å². The molecule has 1 saturated heterocycles. The molecule has 0 radical (unpaired) electrons. The van der Waals surface area contributed by atoms with Crippen LogP contribution in [0, 0.1) is 0 Å². The van der Waals surface area contributed by atoms with E-state index in [1.165, 1.54) is 0 Å². The zero-order chi connectivity index (χ0) is 14.0. The van der Waals surface area contributed by atoms with Crippen molar-refractivity contribution in [2.45, 2.75) is 24.8 Å². The van der Waals surface area contributed by atoms with Crippen LogP contribution in [0.25, 0.3) is 0 Å². The van der Waals surface area contributed by atoms with Crippen LogP contribution in [0.2, 0.25) is 0 Å². The standard InChI is InChI=1S/C13H19BrN2O2S/c1-3-15-8-9-16(10-11(15)2)19(17,18)13-6-4-12(14)5-7-13/h4-7,11H,3,8-10H2,1-2H3. The summed E-state index contributed by atoms with van der Waals surface area (Å²) in [6.45, 7) is 7.08. The van der Waals surface area contributed by atoms with Gasteiger partial charge in [0, 0.05) is 30.1 Å². The molecule has 106 valence electrons. The Hall–Kier alpha value is -0.430. The first-order valence-electron chi connectivity index (χ1n) is 6.45. The Labute approximate surface area is 123 Å². The Balaban J connectivity index is 2.19. The summed E-state index contributed by atoms with van der Waals surface area (Å²) >= 11 is 3.32. The fourth-order valence-electron chi connectivity index (χ4n) is 2.41. The molecule has 1 unspecified atom stereocenters. The van der Waals surface area contributed by atoms with Crippen LogP contribution in [0.5, 0.6) is 0 Å². The van der Waals surface area contributed by atoms with Crippen LogP contribution in [0.4, 0.5) is 0 Å². The number of nitrogens with zero attached hydrogens (tertiary/aromatic N) is 2. The van der Waals surface area contributed by atoms with E-state index in [-0.39, 0.29) is 6.04 Å². The largest absolute Gasteiger partial charge is 0.298 e. The van der Waals surface area contributed by atoms with E-state index in [0.717, 1.165) is 17.6 Å².